The fourth-order valence-electron chi connectivity index (χ4n) is 5.57. The van der Waals surface area contributed by atoms with E-state index in [1.165, 1.54) is 17.7 Å². The van der Waals surface area contributed by atoms with Gasteiger partial charge in [0.2, 0.25) is 11.8 Å². The number of benzene rings is 1. The lowest BCUT2D eigenvalue weighted by molar-refractivity contribution is -0.123. The largest absolute Gasteiger partial charge is 0.274 e. The number of anilines is 1. The standard InChI is InChI=1S/C17H16BrNO2/c18-9-1-3-10(4-2-9)19-15(20)13-11-5-6-12(14(13)16(19)21)17(11)7-8-17/h1-4,11-14H,5-8H2/t11-,12+,13+,14-. The molecule has 108 valence electrons. The SMILES string of the molecule is O=C1[C@@H]2[C@H](C(=O)N1c1ccc(Br)cc1)[C@@H]1CC[C@H]2C12CC2. The Morgan fingerprint density at radius 3 is 1.95 bits per heavy atom. The lowest BCUT2D eigenvalue weighted by Crippen LogP contribution is -2.34. The second-order valence-electron chi connectivity index (χ2n) is 7.06. The molecule has 4 fully saturated rings. The van der Waals surface area contributed by atoms with Crippen molar-refractivity contribution in [3.63, 3.8) is 0 Å². The maximum Gasteiger partial charge on any atom is 0.237 e. The summed E-state index contributed by atoms with van der Waals surface area (Å²) in [7, 11) is 0. The molecule has 0 radical (unpaired) electrons. The number of nitrogens with zero attached hydrogens (tertiary/aromatic N) is 1. The summed E-state index contributed by atoms with van der Waals surface area (Å²) in [5.74, 6) is 1.02. The summed E-state index contributed by atoms with van der Waals surface area (Å²) in [4.78, 5) is 27.2. The molecule has 1 aliphatic heterocycles. The molecule has 4 heteroatoms. The van der Waals surface area contributed by atoms with Crippen molar-refractivity contribution >= 4 is 33.4 Å². The second-order valence-corrected chi connectivity index (χ2v) is 7.98. The van der Waals surface area contributed by atoms with Crippen LogP contribution in [0.3, 0.4) is 0 Å². The number of imide groups is 1. The Labute approximate surface area is 131 Å². The van der Waals surface area contributed by atoms with E-state index < -0.39 is 0 Å². The smallest absolute Gasteiger partial charge is 0.237 e. The molecule has 0 aromatic heterocycles. The Balaban J connectivity index is 1.56. The van der Waals surface area contributed by atoms with Crippen molar-refractivity contribution in [3.8, 4) is 0 Å². The summed E-state index contributed by atoms with van der Waals surface area (Å²) in [5.41, 5.74) is 1.11. The van der Waals surface area contributed by atoms with Gasteiger partial charge in [0, 0.05) is 4.47 Å². The molecule has 3 nitrogen and oxygen atoms in total. The van der Waals surface area contributed by atoms with Gasteiger partial charge in [0.1, 0.15) is 0 Å². The Hall–Kier alpha value is -1.16. The van der Waals surface area contributed by atoms with Gasteiger partial charge in [0.05, 0.1) is 17.5 Å². The zero-order chi connectivity index (χ0) is 14.4. The molecule has 3 saturated carbocycles. The highest BCUT2D eigenvalue weighted by molar-refractivity contribution is 9.10. The Bertz CT molecular complexity index is 632. The number of rotatable bonds is 1. The van der Waals surface area contributed by atoms with Crippen molar-refractivity contribution in [2.75, 3.05) is 4.90 Å². The summed E-state index contributed by atoms with van der Waals surface area (Å²) in [6.45, 7) is 0. The van der Waals surface area contributed by atoms with Crippen molar-refractivity contribution < 1.29 is 9.59 Å². The van der Waals surface area contributed by atoms with E-state index in [0.29, 0.717) is 17.3 Å². The predicted molar refractivity (Wildman–Crippen MR) is 81.5 cm³/mol. The van der Waals surface area contributed by atoms with Crippen LogP contribution in [0.5, 0.6) is 0 Å². The number of hydrogen-bond donors (Lipinski definition) is 0. The van der Waals surface area contributed by atoms with Crippen LogP contribution in [0.4, 0.5) is 5.69 Å². The molecular weight excluding hydrogens is 330 g/mol. The van der Waals surface area contributed by atoms with Gasteiger partial charge in [0.25, 0.3) is 0 Å². The average Bonchev–Trinajstić information content (AvgIpc) is 3.07. The summed E-state index contributed by atoms with van der Waals surface area (Å²) < 4.78 is 0.961. The minimum atomic E-state index is -0.0256. The molecule has 2 amide bonds. The van der Waals surface area contributed by atoms with Gasteiger partial charge in [-0.25, -0.2) is 0 Å². The maximum atomic E-state index is 12.9. The van der Waals surface area contributed by atoms with E-state index in [1.54, 1.807) is 0 Å². The number of carbonyl (C=O) groups is 2. The van der Waals surface area contributed by atoms with Gasteiger partial charge in [-0.2, -0.15) is 0 Å². The first-order valence-electron chi connectivity index (χ1n) is 7.77. The lowest BCUT2D eigenvalue weighted by Gasteiger charge is -2.21. The van der Waals surface area contributed by atoms with Gasteiger partial charge in [0.15, 0.2) is 0 Å². The summed E-state index contributed by atoms with van der Waals surface area (Å²) in [5, 5.41) is 0. The predicted octanol–water partition coefficient (Wildman–Crippen LogP) is 3.37. The van der Waals surface area contributed by atoms with Crippen LogP contribution in [0.1, 0.15) is 25.7 Å². The highest BCUT2D eigenvalue weighted by Crippen LogP contribution is 2.76. The molecule has 1 aromatic carbocycles. The molecule has 5 rings (SSSR count). The Morgan fingerprint density at radius 1 is 0.952 bits per heavy atom. The number of carbonyl (C=O) groups excluding carboxylic acids is 2. The number of fused-ring (bicyclic) bond motifs is 3. The molecule has 0 unspecified atom stereocenters. The topological polar surface area (TPSA) is 37.4 Å². The van der Waals surface area contributed by atoms with Crippen LogP contribution in [-0.2, 0) is 9.59 Å². The van der Waals surface area contributed by atoms with Crippen LogP contribution >= 0.6 is 15.9 Å². The monoisotopic (exact) mass is 345 g/mol. The minimum Gasteiger partial charge on any atom is -0.274 e. The zero-order valence-corrected chi connectivity index (χ0v) is 13.2. The maximum absolute atomic E-state index is 12.9. The number of amides is 2. The third-order valence-corrected chi connectivity index (χ3v) is 6.97. The molecule has 1 saturated heterocycles. The minimum absolute atomic E-state index is 0.0256. The van der Waals surface area contributed by atoms with Crippen LogP contribution in [-0.4, -0.2) is 11.8 Å². The van der Waals surface area contributed by atoms with Gasteiger partial charge in [-0.05, 0) is 67.2 Å². The molecule has 1 heterocycles. The van der Waals surface area contributed by atoms with E-state index in [9.17, 15) is 9.59 Å². The van der Waals surface area contributed by atoms with E-state index in [2.05, 4.69) is 15.9 Å². The van der Waals surface area contributed by atoms with Gasteiger partial charge >= 0.3 is 0 Å². The molecule has 1 aromatic rings. The summed E-state index contributed by atoms with van der Waals surface area (Å²) in [6.07, 6.45) is 4.79. The number of halogens is 1. The highest BCUT2D eigenvalue weighted by Gasteiger charge is 2.74. The zero-order valence-electron chi connectivity index (χ0n) is 11.6. The molecule has 1 spiro atoms. The molecule has 3 aliphatic carbocycles. The van der Waals surface area contributed by atoms with E-state index >= 15 is 0 Å². The van der Waals surface area contributed by atoms with Crippen molar-refractivity contribution in [2.45, 2.75) is 25.7 Å². The lowest BCUT2D eigenvalue weighted by atomic mass is 9.81. The fraction of sp³-hybridized carbons (Fsp3) is 0.529. The van der Waals surface area contributed by atoms with Gasteiger partial charge < -0.3 is 0 Å². The molecule has 4 aliphatic rings. The van der Waals surface area contributed by atoms with E-state index in [4.69, 9.17) is 0 Å². The quantitative estimate of drug-likeness (QED) is 0.731. The van der Waals surface area contributed by atoms with Crippen LogP contribution < -0.4 is 4.90 Å². The van der Waals surface area contributed by atoms with Crippen molar-refractivity contribution in [1.29, 1.82) is 0 Å². The fourth-order valence-corrected chi connectivity index (χ4v) is 5.84. The first-order chi connectivity index (χ1) is 10.1. The van der Waals surface area contributed by atoms with Gasteiger partial charge in [-0.15, -0.1) is 0 Å². The van der Waals surface area contributed by atoms with Gasteiger partial charge in [-0.1, -0.05) is 15.9 Å². The van der Waals surface area contributed by atoms with E-state index in [1.807, 2.05) is 24.3 Å². The van der Waals surface area contributed by atoms with E-state index in [-0.39, 0.29) is 23.7 Å². The highest BCUT2D eigenvalue weighted by atomic mass is 79.9. The van der Waals surface area contributed by atoms with Crippen LogP contribution in [0.25, 0.3) is 0 Å². The number of hydrogen-bond acceptors (Lipinski definition) is 2. The Kier molecular flexibility index (Phi) is 2.23. The van der Waals surface area contributed by atoms with Crippen LogP contribution in [0.15, 0.2) is 28.7 Å². The van der Waals surface area contributed by atoms with Crippen LogP contribution in [0, 0.1) is 29.1 Å². The second kappa shape index (κ2) is 3.78. The van der Waals surface area contributed by atoms with Crippen molar-refractivity contribution in [2.24, 2.45) is 29.1 Å². The first kappa shape index (κ1) is 12.4. The molecule has 4 atom stereocenters. The van der Waals surface area contributed by atoms with Crippen LogP contribution in [0.2, 0.25) is 0 Å². The normalized spacial score (nSPS) is 38.4. The molecule has 2 bridgehead atoms. The molecule has 21 heavy (non-hydrogen) atoms. The summed E-state index contributed by atoms with van der Waals surface area (Å²) >= 11 is 3.40. The van der Waals surface area contributed by atoms with E-state index in [0.717, 1.165) is 23.0 Å². The van der Waals surface area contributed by atoms with Crippen molar-refractivity contribution in [3.05, 3.63) is 28.7 Å². The van der Waals surface area contributed by atoms with Crippen molar-refractivity contribution in [1.82, 2.24) is 0 Å². The first-order valence-corrected chi connectivity index (χ1v) is 8.56. The molecular formula is C17H16BrNO2. The molecule has 0 N–H and O–H groups in total. The summed E-state index contributed by atoms with van der Waals surface area (Å²) in [6, 6.07) is 7.49. The average molecular weight is 346 g/mol. The third kappa shape index (κ3) is 1.35. The third-order valence-electron chi connectivity index (χ3n) is 6.44. The van der Waals surface area contributed by atoms with Gasteiger partial charge in [-0.3, -0.25) is 14.5 Å². The Morgan fingerprint density at radius 2 is 1.48 bits per heavy atom.